The van der Waals surface area contributed by atoms with Gasteiger partial charge in [-0.3, -0.25) is 0 Å². The van der Waals surface area contributed by atoms with Crippen molar-refractivity contribution in [2.75, 3.05) is 22.6 Å². The van der Waals surface area contributed by atoms with Gasteiger partial charge in [-0.2, -0.15) is 0 Å². The van der Waals surface area contributed by atoms with Gasteiger partial charge in [-0.05, 0) is 20.3 Å². The second-order valence-electron chi connectivity index (χ2n) is 6.12. The normalized spacial score (nSPS) is 25.1. The number of anilines is 2. The van der Waals surface area contributed by atoms with Gasteiger partial charge in [0.25, 0.3) is 0 Å². The Hall–Kier alpha value is -1.37. The van der Waals surface area contributed by atoms with E-state index in [9.17, 15) is 8.42 Å². The van der Waals surface area contributed by atoms with Gasteiger partial charge in [0.2, 0.25) is 0 Å². The summed E-state index contributed by atoms with van der Waals surface area (Å²) in [6.07, 6.45) is 0.579. The maximum atomic E-state index is 11.7. The number of sulfone groups is 1. The Balaban J connectivity index is 2.34. The van der Waals surface area contributed by atoms with E-state index in [2.05, 4.69) is 15.3 Å². The van der Waals surface area contributed by atoms with Gasteiger partial charge in [0.05, 0.1) is 17.0 Å². The van der Waals surface area contributed by atoms with Crippen LogP contribution in [0.5, 0.6) is 0 Å². The molecule has 1 aliphatic heterocycles. The van der Waals surface area contributed by atoms with Crippen molar-refractivity contribution in [2.45, 2.75) is 45.6 Å². The van der Waals surface area contributed by atoms with Gasteiger partial charge in [0.1, 0.15) is 17.5 Å². The third-order valence-corrected chi connectivity index (χ3v) is 5.54. The Morgan fingerprint density at radius 1 is 1.35 bits per heavy atom. The van der Waals surface area contributed by atoms with Crippen LogP contribution < -0.4 is 11.1 Å². The molecule has 1 unspecified atom stereocenters. The molecule has 0 aromatic carbocycles. The van der Waals surface area contributed by atoms with E-state index in [-0.39, 0.29) is 17.4 Å². The lowest BCUT2D eigenvalue weighted by atomic mass is 10.0. The van der Waals surface area contributed by atoms with E-state index < -0.39 is 15.4 Å². The molecular formula is C13H22N4O2S. The molecule has 1 saturated heterocycles. The number of rotatable bonds is 3. The maximum Gasteiger partial charge on any atom is 0.152 e. The number of hydrogen-bond donors (Lipinski definition) is 2. The topological polar surface area (TPSA) is 98.0 Å². The molecule has 0 radical (unpaired) electrons. The van der Waals surface area contributed by atoms with Crippen LogP contribution >= 0.6 is 0 Å². The first-order valence-corrected chi connectivity index (χ1v) is 8.57. The summed E-state index contributed by atoms with van der Waals surface area (Å²) in [6.45, 7) is 7.74. The summed E-state index contributed by atoms with van der Waals surface area (Å²) in [5.41, 5.74) is 6.20. The fraction of sp³-hybridized carbons (Fsp3) is 0.692. The first kappa shape index (κ1) is 15.0. The van der Waals surface area contributed by atoms with Crippen molar-refractivity contribution >= 4 is 21.5 Å². The molecule has 1 atom stereocenters. The van der Waals surface area contributed by atoms with Crippen molar-refractivity contribution in [3.8, 4) is 0 Å². The zero-order chi connectivity index (χ0) is 15.1. The summed E-state index contributed by atoms with van der Waals surface area (Å²) < 4.78 is 23.3. The van der Waals surface area contributed by atoms with Crippen molar-refractivity contribution in [1.29, 1.82) is 0 Å². The highest BCUT2D eigenvalue weighted by Crippen LogP contribution is 2.29. The Bertz CT molecular complexity index is 628. The fourth-order valence-electron chi connectivity index (χ4n) is 2.33. The van der Waals surface area contributed by atoms with Crippen LogP contribution in [0, 0.1) is 6.92 Å². The Morgan fingerprint density at radius 2 is 2.00 bits per heavy atom. The second kappa shape index (κ2) is 4.87. The zero-order valence-corrected chi connectivity index (χ0v) is 13.2. The van der Waals surface area contributed by atoms with Gasteiger partial charge in [-0.1, -0.05) is 13.8 Å². The van der Waals surface area contributed by atoms with Crippen molar-refractivity contribution in [1.82, 2.24) is 9.97 Å². The van der Waals surface area contributed by atoms with E-state index >= 15 is 0 Å². The van der Waals surface area contributed by atoms with E-state index in [1.807, 2.05) is 27.7 Å². The number of aromatic nitrogens is 2. The van der Waals surface area contributed by atoms with Crippen LogP contribution in [0.25, 0.3) is 0 Å². The number of nitrogens with two attached hydrogens (primary N) is 1. The molecule has 2 heterocycles. The minimum Gasteiger partial charge on any atom is -0.383 e. The Morgan fingerprint density at radius 3 is 2.50 bits per heavy atom. The van der Waals surface area contributed by atoms with Gasteiger partial charge in [-0.15, -0.1) is 0 Å². The van der Waals surface area contributed by atoms with E-state index in [0.717, 1.165) is 5.56 Å². The molecule has 0 amide bonds. The molecule has 1 fully saturated rings. The van der Waals surface area contributed by atoms with Crippen LogP contribution in [-0.4, -0.2) is 35.4 Å². The standard InChI is InChI=1S/C13H22N4O2S/c1-8(2)11-15-10(14)9(3)12(16-11)17-13(4)5-6-20(18,19)7-13/h8H,5-7H2,1-4H3,(H3,14,15,16,17). The highest BCUT2D eigenvalue weighted by molar-refractivity contribution is 7.91. The second-order valence-corrected chi connectivity index (χ2v) is 8.31. The third-order valence-electron chi connectivity index (χ3n) is 3.64. The first-order chi connectivity index (χ1) is 9.12. The highest BCUT2D eigenvalue weighted by atomic mass is 32.2. The zero-order valence-electron chi connectivity index (χ0n) is 12.4. The van der Waals surface area contributed by atoms with E-state index in [1.165, 1.54) is 0 Å². The number of nitrogens with zero attached hydrogens (tertiary/aromatic N) is 2. The molecule has 3 N–H and O–H groups in total. The average Bonchev–Trinajstić information content (AvgIpc) is 2.59. The quantitative estimate of drug-likeness (QED) is 0.877. The van der Waals surface area contributed by atoms with Gasteiger partial charge >= 0.3 is 0 Å². The van der Waals surface area contributed by atoms with Gasteiger partial charge in [0, 0.05) is 11.5 Å². The van der Waals surface area contributed by atoms with Gasteiger partial charge < -0.3 is 11.1 Å². The maximum absolute atomic E-state index is 11.7. The molecule has 112 valence electrons. The van der Waals surface area contributed by atoms with E-state index in [4.69, 9.17) is 5.73 Å². The number of nitrogens with one attached hydrogen (secondary N) is 1. The minimum atomic E-state index is -2.96. The van der Waals surface area contributed by atoms with Crippen molar-refractivity contribution < 1.29 is 8.42 Å². The highest BCUT2D eigenvalue weighted by Gasteiger charge is 2.39. The molecule has 1 aliphatic rings. The van der Waals surface area contributed by atoms with Crippen molar-refractivity contribution in [3.63, 3.8) is 0 Å². The van der Waals surface area contributed by atoms with Crippen LogP contribution in [0.3, 0.4) is 0 Å². The third kappa shape index (κ3) is 3.03. The van der Waals surface area contributed by atoms with Crippen molar-refractivity contribution in [2.24, 2.45) is 0 Å². The fourth-order valence-corrected chi connectivity index (χ4v) is 4.42. The molecular weight excluding hydrogens is 276 g/mol. The smallest absolute Gasteiger partial charge is 0.152 e. The predicted molar refractivity (Wildman–Crippen MR) is 80.6 cm³/mol. The van der Waals surface area contributed by atoms with Crippen LogP contribution in [0.4, 0.5) is 11.6 Å². The van der Waals surface area contributed by atoms with Crippen LogP contribution in [0.1, 0.15) is 44.5 Å². The average molecular weight is 298 g/mol. The van der Waals surface area contributed by atoms with Gasteiger partial charge in [0.15, 0.2) is 9.84 Å². The summed E-state index contributed by atoms with van der Waals surface area (Å²) in [5, 5.41) is 3.27. The number of nitrogen functional groups attached to an aromatic ring is 1. The summed E-state index contributed by atoms with van der Waals surface area (Å²) in [5.74, 6) is 2.25. The van der Waals surface area contributed by atoms with Gasteiger partial charge in [-0.25, -0.2) is 18.4 Å². The number of hydrogen-bond acceptors (Lipinski definition) is 6. The van der Waals surface area contributed by atoms with Crippen LogP contribution in [-0.2, 0) is 9.84 Å². The molecule has 7 heteroatoms. The first-order valence-electron chi connectivity index (χ1n) is 6.74. The molecule has 6 nitrogen and oxygen atoms in total. The predicted octanol–water partition coefficient (Wildman–Crippen LogP) is 1.48. The Kier molecular flexibility index (Phi) is 3.66. The summed E-state index contributed by atoms with van der Waals surface area (Å²) in [7, 11) is -2.96. The van der Waals surface area contributed by atoms with E-state index in [0.29, 0.717) is 23.9 Å². The lowest BCUT2D eigenvalue weighted by Crippen LogP contribution is -2.36. The van der Waals surface area contributed by atoms with Crippen LogP contribution in [0.2, 0.25) is 0 Å². The molecule has 0 aliphatic carbocycles. The summed E-state index contributed by atoms with van der Waals surface area (Å²) in [4.78, 5) is 8.76. The molecule has 1 aromatic rings. The lowest BCUT2D eigenvalue weighted by Gasteiger charge is -2.26. The lowest BCUT2D eigenvalue weighted by molar-refractivity contribution is 0.570. The van der Waals surface area contributed by atoms with Crippen LogP contribution in [0.15, 0.2) is 0 Å². The molecule has 0 saturated carbocycles. The molecule has 2 rings (SSSR count). The van der Waals surface area contributed by atoms with Crippen molar-refractivity contribution in [3.05, 3.63) is 11.4 Å². The monoisotopic (exact) mass is 298 g/mol. The molecule has 20 heavy (non-hydrogen) atoms. The SMILES string of the molecule is Cc1c(N)nc(C(C)C)nc1NC1(C)CCS(=O)(=O)C1. The Labute approximate surface area is 120 Å². The minimum absolute atomic E-state index is 0.125. The summed E-state index contributed by atoms with van der Waals surface area (Å²) in [6, 6.07) is 0. The van der Waals surface area contributed by atoms with E-state index in [1.54, 1.807) is 0 Å². The summed E-state index contributed by atoms with van der Waals surface area (Å²) >= 11 is 0. The molecule has 1 aromatic heterocycles. The largest absolute Gasteiger partial charge is 0.383 e. The molecule has 0 spiro atoms. The molecule has 0 bridgehead atoms.